The second kappa shape index (κ2) is 7.42. The fourth-order valence-electron chi connectivity index (χ4n) is 2.98. The molecular weight excluding hydrogens is 326 g/mol. The SMILES string of the molecule is O=C(NCc1ccc(F)cc1)C1CCCN1C(=O)c1cccc(F)c1. The van der Waals surface area contributed by atoms with Crippen molar-refractivity contribution in [1.82, 2.24) is 10.2 Å². The summed E-state index contributed by atoms with van der Waals surface area (Å²) in [5.74, 6) is -1.43. The summed E-state index contributed by atoms with van der Waals surface area (Å²) in [6.07, 6.45) is 1.28. The van der Waals surface area contributed by atoms with Crippen LogP contribution < -0.4 is 5.32 Å². The van der Waals surface area contributed by atoms with Gasteiger partial charge in [0.25, 0.3) is 5.91 Å². The molecule has 0 saturated carbocycles. The standard InChI is InChI=1S/C19H18F2N2O2/c20-15-8-6-13(7-9-15)12-22-18(24)17-5-2-10-23(17)19(25)14-3-1-4-16(21)11-14/h1,3-4,6-9,11,17H,2,5,10,12H2,(H,22,24). The minimum Gasteiger partial charge on any atom is -0.350 e. The first kappa shape index (κ1) is 17.1. The Kier molecular flexibility index (Phi) is 5.07. The third kappa shape index (κ3) is 4.02. The molecule has 2 amide bonds. The van der Waals surface area contributed by atoms with Gasteiger partial charge in [-0.2, -0.15) is 0 Å². The van der Waals surface area contributed by atoms with Crippen molar-refractivity contribution in [3.8, 4) is 0 Å². The summed E-state index contributed by atoms with van der Waals surface area (Å²) >= 11 is 0. The number of rotatable bonds is 4. The Morgan fingerprint density at radius 2 is 1.84 bits per heavy atom. The lowest BCUT2D eigenvalue weighted by molar-refractivity contribution is -0.125. The van der Waals surface area contributed by atoms with Crippen molar-refractivity contribution >= 4 is 11.8 Å². The maximum Gasteiger partial charge on any atom is 0.254 e. The molecule has 1 N–H and O–H groups in total. The molecule has 25 heavy (non-hydrogen) atoms. The highest BCUT2D eigenvalue weighted by Crippen LogP contribution is 2.21. The second-order valence-electron chi connectivity index (χ2n) is 6.01. The first-order valence-corrected chi connectivity index (χ1v) is 8.13. The van der Waals surface area contributed by atoms with E-state index >= 15 is 0 Å². The molecule has 1 heterocycles. The van der Waals surface area contributed by atoms with Crippen molar-refractivity contribution in [2.75, 3.05) is 6.54 Å². The Morgan fingerprint density at radius 3 is 2.56 bits per heavy atom. The van der Waals surface area contributed by atoms with Crippen molar-refractivity contribution in [2.45, 2.75) is 25.4 Å². The minimum atomic E-state index is -0.573. The first-order valence-electron chi connectivity index (χ1n) is 8.13. The van der Waals surface area contributed by atoms with Gasteiger partial charge in [0.15, 0.2) is 0 Å². The fraction of sp³-hybridized carbons (Fsp3) is 0.263. The molecule has 130 valence electrons. The number of carbonyl (C=O) groups excluding carboxylic acids is 2. The Morgan fingerprint density at radius 1 is 1.08 bits per heavy atom. The van der Waals surface area contributed by atoms with Gasteiger partial charge in [0, 0.05) is 18.7 Å². The summed E-state index contributed by atoms with van der Waals surface area (Å²) in [4.78, 5) is 26.5. The van der Waals surface area contributed by atoms with Crippen molar-refractivity contribution in [3.63, 3.8) is 0 Å². The Balaban J connectivity index is 1.65. The zero-order valence-corrected chi connectivity index (χ0v) is 13.5. The summed E-state index contributed by atoms with van der Waals surface area (Å²) < 4.78 is 26.2. The van der Waals surface area contributed by atoms with E-state index < -0.39 is 11.9 Å². The second-order valence-corrected chi connectivity index (χ2v) is 6.01. The molecule has 1 unspecified atom stereocenters. The third-order valence-electron chi connectivity index (χ3n) is 4.27. The Bertz CT molecular complexity index is 777. The van der Waals surface area contributed by atoms with Crippen molar-refractivity contribution < 1.29 is 18.4 Å². The van der Waals surface area contributed by atoms with Crippen LogP contribution in [0.5, 0.6) is 0 Å². The monoisotopic (exact) mass is 344 g/mol. The van der Waals surface area contributed by atoms with Crippen molar-refractivity contribution in [2.24, 2.45) is 0 Å². The number of nitrogens with one attached hydrogen (secondary N) is 1. The summed E-state index contributed by atoms with van der Waals surface area (Å²) in [5, 5.41) is 2.78. The lowest BCUT2D eigenvalue weighted by Gasteiger charge is -2.24. The van der Waals surface area contributed by atoms with Gasteiger partial charge in [-0.1, -0.05) is 18.2 Å². The summed E-state index contributed by atoms with van der Waals surface area (Å²) in [6, 6.07) is 10.7. The van der Waals surface area contributed by atoms with E-state index in [1.807, 2.05) is 0 Å². The minimum absolute atomic E-state index is 0.234. The Hall–Kier alpha value is -2.76. The molecule has 0 spiro atoms. The summed E-state index contributed by atoms with van der Waals surface area (Å²) in [6.45, 7) is 0.724. The number of hydrogen-bond acceptors (Lipinski definition) is 2. The molecular formula is C19H18F2N2O2. The number of likely N-dealkylation sites (tertiary alicyclic amines) is 1. The number of carbonyl (C=O) groups is 2. The van der Waals surface area contributed by atoms with Crippen molar-refractivity contribution in [1.29, 1.82) is 0 Å². The van der Waals surface area contributed by atoms with Crippen molar-refractivity contribution in [3.05, 3.63) is 71.3 Å². The smallest absolute Gasteiger partial charge is 0.254 e. The van der Waals surface area contributed by atoms with E-state index in [0.717, 1.165) is 12.0 Å². The quantitative estimate of drug-likeness (QED) is 0.927. The van der Waals surface area contributed by atoms with Gasteiger partial charge in [-0.3, -0.25) is 9.59 Å². The van der Waals surface area contributed by atoms with Crippen LogP contribution in [-0.4, -0.2) is 29.3 Å². The van der Waals surface area contributed by atoms with Crippen LogP contribution in [0.2, 0.25) is 0 Å². The van der Waals surface area contributed by atoms with Gasteiger partial charge in [-0.25, -0.2) is 8.78 Å². The van der Waals surface area contributed by atoms with Gasteiger partial charge in [0.05, 0.1) is 0 Å². The lowest BCUT2D eigenvalue weighted by Crippen LogP contribution is -2.45. The van der Waals surface area contributed by atoms with Crippen LogP contribution in [0.25, 0.3) is 0 Å². The number of amides is 2. The molecule has 1 atom stereocenters. The van der Waals surface area contributed by atoms with E-state index in [1.165, 1.54) is 41.3 Å². The molecule has 0 bridgehead atoms. The Labute approximate surface area is 144 Å². The van der Waals surface area contributed by atoms with Gasteiger partial charge in [0.2, 0.25) is 5.91 Å². The highest BCUT2D eigenvalue weighted by Gasteiger charge is 2.34. The van der Waals surface area contributed by atoms with Gasteiger partial charge in [0.1, 0.15) is 17.7 Å². The highest BCUT2D eigenvalue weighted by molar-refractivity contribution is 5.97. The number of nitrogens with zero attached hydrogens (tertiary/aromatic N) is 1. The van der Waals surface area contributed by atoms with Crippen LogP contribution in [0.3, 0.4) is 0 Å². The largest absolute Gasteiger partial charge is 0.350 e. The average Bonchev–Trinajstić information content (AvgIpc) is 3.10. The topological polar surface area (TPSA) is 49.4 Å². The first-order chi connectivity index (χ1) is 12.0. The van der Waals surface area contributed by atoms with Crippen LogP contribution in [0.1, 0.15) is 28.8 Å². The van der Waals surface area contributed by atoms with Gasteiger partial charge >= 0.3 is 0 Å². The van der Waals surface area contributed by atoms with Crippen LogP contribution in [0.15, 0.2) is 48.5 Å². The molecule has 0 aromatic heterocycles. The van der Waals surface area contributed by atoms with Crippen LogP contribution in [-0.2, 0) is 11.3 Å². The number of benzene rings is 2. The highest BCUT2D eigenvalue weighted by atomic mass is 19.1. The van der Waals surface area contributed by atoms with Gasteiger partial charge in [-0.15, -0.1) is 0 Å². The van der Waals surface area contributed by atoms with E-state index in [4.69, 9.17) is 0 Å². The number of halogens is 2. The van der Waals surface area contributed by atoms with Crippen LogP contribution in [0, 0.1) is 11.6 Å². The molecule has 0 radical (unpaired) electrons. The molecule has 1 saturated heterocycles. The maximum absolute atomic E-state index is 13.3. The van der Waals surface area contributed by atoms with E-state index in [2.05, 4.69) is 5.32 Å². The molecule has 1 aliphatic heterocycles. The zero-order valence-electron chi connectivity index (χ0n) is 13.5. The van der Waals surface area contributed by atoms with E-state index in [0.29, 0.717) is 13.0 Å². The molecule has 2 aromatic carbocycles. The molecule has 2 aromatic rings. The summed E-state index contributed by atoms with van der Waals surface area (Å²) in [5.41, 5.74) is 1.01. The average molecular weight is 344 g/mol. The van der Waals surface area contributed by atoms with E-state index in [9.17, 15) is 18.4 Å². The van der Waals surface area contributed by atoms with Crippen LogP contribution >= 0.6 is 0 Å². The summed E-state index contributed by atoms with van der Waals surface area (Å²) in [7, 11) is 0. The normalized spacial score (nSPS) is 16.7. The molecule has 6 heteroatoms. The van der Waals surface area contributed by atoms with E-state index in [-0.39, 0.29) is 29.7 Å². The predicted molar refractivity (Wildman–Crippen MR) is 88.7 cm³/mol. The fourth-order valence-corrected chi connectivity index (χ4v) is 2.98. The lowest BCUT2D eigenvalue weighted by atomic mass is 10.1. The van der Waals surface area contributed by atoms with Gasteiger partial charge < -0.3 is 10.2 Å². The van der Waals surface area contributed by atoms with Gasteiger partial charge in [-0.05, 0) is 48.7 Å². The van der Waals surface area contributed by atoms with E-state index in [1.54, 1.807) is 12.1 Å². The molecule has 4 nitrogen and oxygen atoms in total. The van der Waals surface area contributed by atoms with Crippen LogP contribution in [0.4, 0.5) is 8.78 Å². The molecule has 3 rings (SSSR count). The predicted octanol–water partition coefficient (Wildman–Crippen LogP) is 2.89. The molecule has 1 aliphatic rings. The maximum atomic E-state index is 13.3. The zero-order chi connectivity index (χ0) is 17.8. The molecule has 1 fully saturated rings. The third-order valence-corrected chi connectivity index (χ3v) is 4.27. The molecule has 0 aliphatic carbocycles. The number of hydrogen-bond donors (Lipinski definition) is 1.